The minimum Gasteiger partial charge on any atom is -0.342 e. The first-order chi connectivity index (χ1) is 14.6. The average molecular weight is 410 g/mol. The Morgan fingerprint density at radius 3 is 2.63 bits per heavy atom. The molecule has 2 aromatic rings. The fourth-order valence-corrected chi connectivity index (χ4v) is 4.23. The van der Waals surface area contributed by atoms with Crippen molar-refractivity contribution in [2.45, 2.75) is 25.7 Å². The van der Waals surface area contributed by atoms with Crippen molar-refractivity contribution < 1.29 is 18.8 Å². The Kier molecular flexibility index (Phi) is 6.55. The molecule has 2 aromatic carbocycles. The summed E-state index contributed by atoms with van der Waals surface area (Å²) in [6.45, 7) is 3.23. The van der Waals surface area contributed by atoms with Crippen LogP contribution in [-0.2, 0) is 9.63 Å². The fraction of sp³-hybridized carbons (Fsp3) is 0.417. The quantitative estimate of drug-likeness (QED) is 0.677. The van der Waals surface area contributed by atoms with E-state index in [0.29, 0.717) is 43.8 Å². The van der Waals surface area contributed by atoms with E-state index in [0.717, 1.165) is 31.4 Å². The number of benzene rings is 2. The number of nitrogens with zero attached hydrogens (tertiary/aromatic N) is 2. The van der Waals surface area contributed by atoms with E-state index >= 15 is 0 Å². The van der Waals surface area contributed by atoms with Crippen LogP contribution in [0.15, 0.2) is 48.5 Å². The van der Waals surface area contributed by atoms with Gasteiger partial charge in [0.25, 0.3) is 0 Å². The number of Topliss-reactive ketones (excluding diaryl/α,β-unsaturated/α-hetero) is 1. The van der Waals surface area contributed by atoms with Gasteiger partial charge in [-0.1, -0.05) is 42.5 Å². The van der Waals surface area contributed by atoms with Crippen molar-refractivity contribution in [3.63, 3.8) is 0 Å². The molecule has 0 aliphatic carbocycles. The molecule has 0 aromatic heterocycles. The van der Waals surface area contributed by atoms with Gasteiger partial charge in [0.1, 0.15) is 5.82 Å². The van der Waals surface area contributed by atoms with Crippen molar-refractivity contribution in [2.75, 3.05) is 32.8 Å². The minimum absolute atomic E-state index is 0.0496. The maximum atomic E-state index is 14.7. The van der Waals surface area contributed by atoms with Gasteiger partial charge in [-0.2, -0.15) is 5.06 Å². The van der Waals surface area contributed by atoms with E-state index in [2.05, 4.69) is 0 Å². The fourth-order valence-electron chi connectivity index (χ4n) is 4.23. The summed E-state index contributed by atoms with van der Waals surface area (Å²) in [5, 5.41) is 1.83. The average Bonchev–Trinajstić information content (AvgIpc) is 3.31. The number of hydrogen-bond donors (Lipinski definition) is 0. The molecule has 1 unspecified atom stereocenters. The van der Waals surface area contributed by atoms with Crippen LogP contribution in [-0.4, -0.2) is 54.4 Å². The zero-order valence-corrected chi connectivity index (χ0v) is 17.1. The molecule has 0 saturated carbocycles. The highest BCUT2D eigenvalue weighted by Gasteiger charge is 2.29. The van der Waals surface area contributed by atoms with Gasteiger partial charge in [-0.15, -0.1) is 0 Å². The topological polar surface area (TPSA) is 49.9 Å². The predicted molar refractivity (Wildman–Crippen MR) is 112 cm³/mol. The number of hydroxylamine groups is 2. The summed E-state index contributed by atoms with van der Waals surface area (Å²) in [6, 6.07) is 14.0. The lowest BCUT2D eigenvalue weighted by atomic mass is 9.89. The van der Waals surface area contributed by atoms with Gasteiger partial charge in [0, 0.05) is 49.6 Å². The van der Waals surface area contributed by atoms with E-state index in [1.165, 1.54) is 6.07 Å². The zero-order chi connectivity index (χ0) is 20.9. The number of carbonyl (C=O) groups is 2. The molecule has 2 heterocycles. The van der Waals surface area contributed by atoms with Crippen LogP contribution in [0.3, 0.4) is 0 Å². The molecule has 5 nitrogen and oxygen atoms in total. The van der Waals surface area contributed by atoms with E-state index in [9.17, 15) is 14.0 Å². The molecule has 0 spiro atoms. The van der Waals surface area contributed by atoms with Crippen molar-refractivity contribution in [2.24, 2.45) is 5.92 Å². The first-order valence-corrected chi connectivity index (χ1v) is 10.7. The van der Waals surface area contributed by atoms with Crippen LogP contribution in [0, 0.1) is 11.7 Å². The third kappa shape index (κ3) is 4.77. The standard InChI is InChI=1S/C24H27FN2O3/c25-22-16-19(9-10-21(22)18-6-2-1-3-7-18)24(29)20-8-4-12-26(17-20)23(28)11-14-27-13-5-15-30-27/h1-3,6-7,9-10,16,20H,4-5,8,11-15,17H2. The highest BCUT2D eigenvalue weighted by Crippen LogP contribution is 2.26. The number of ketones is 1. The number of likely N-dealkylation sites (tertiary alicyclic amines) is 1. The van der Waals surface area contributed by atoms with Gasteiger partial charge >= 0.3 is 0 Å². The van der Waals surface area contributed by atoms with E-state index in [1.807, 2.05) is 35.4 Å². The van der Waals surface area contributed by atoms with Gasteiger partial charge in [0.05, 0.1) is 6.61 Å². The number of piperidine rings is 1. The van der Waals surface area contributed by atoms with Crippen LogP contribution in [0.25, 0.3) is 11.1 Å². The minimum atomic E-state index is -0.401. The summed E-state index contributed by atoms with van der Waals surface area (Å²) < 4.78 is 14.7. The lowest BCUT2D eigenvalue weighted by Crippen LogP contribution is -2.43. The zero-order valence-electron chi connectivity index (χ0n) is 17.1. The Hall–Kier alpha value is -2.57. The van der Waals surface area contributed by atoms with Gasteiger partial charge in [0.2, 0.25) is 5.91 Å². The Morgan fingerprint density at radius 2 is 1.90 bits per heavy atom. The molecule has 2 fully saturated rings. The molecule has 2 aliphatic rings. The van der Waals surface area contributed by atoms with Crippen molar-refractivity contribution in [3.05, 3.63) is 59.9 Å². The Morgan fingerprint density at radius 1 is 1.07 bits per heavy atom. The van der Waals surface area contributed by atoms with E-state index < -0.39 is 5.82 Å². The number of carbonyl (C=O) groups excluding carboxylic acids is 2. The van der Waals surface area contributed by atoms with Crippen LogP contribution in [0.5, 0.6) is 0 Å². The molecule has 0 radical (unpaired) electrons. The number of rotatable bonds is 6. The highest BCUT2D eigenvalue weighted by molar-refractivity contribution is 5.98. The molecule has 2 saturated heterocycles. The highest BCUT2D eigenvalue weighted by atomic mass is 19.1. The third-order valence-corrected chi connectivity index (χ3v) is 5.88. The lowest BCUT2D eigenvalue weighted by molar-refractivity contribution is -0.139. The second-order valence-electron chi connectivity index (χ2n) is 7.97. The summed E-state index contributed by atoms with van der Waals surface area (Å²) in [5.74, 6) is -0.725. The molecule has 4 rings (SSSR count). The molecule has 158 valence electrons. The van der Waals surface area contributed by atoms with Crippen molar-refractivity contribution in [1.29, 1.82) is 0 Å². The first-order valence-electron chi connectivity index (χ1n) is 10.7. The summed E-state index contributed by atoms with van der Waals surface area (Å²) in [7, 11) is 0. The molecule has 30 heavy (non-hydrogen) atoms. The van der Waals surface area contributed by atoms with Crippen LogP contribution in [0.4, 0.5) is 4.39 Å². The maximum Gasteiger partial charge on any atom is 0.223 e. The van der Waals surface area contributed by atoms with Gasteiger partial charge < -0.3 is 4.90 Å². The van der Waals surface area contributed by atoms with Gasteiger partial charge in [-0.05, 0) is 30.9 Å². The maximum absolute atomic E-state index is 14.7. The number of amides is 1. The Labute approximate surface area is 176 Å². The third-order valence-electron chi connectivity index (χ3n) is 5.88. The molecular formula is C24H27FN2O3. The summed E-state index contributed by atoms with van der Waals surface area (Å²) in [5.41, 5.74) is 1.64. The molecule has 0 N–H and O–H groups in total. The van der Waals surface area contributed by atoms with Gasteiger partial charge in [-0.25, -0.2) is 4.39 Å². The summed E-state index contributed by atoms with van der Waals surface area (Å²) >= 11 is 0. The predicted octanol–water partition coefficient (Wildman–Crippen LogP) is 3.94. The van der Waals surface area contributed by atoms with E-state index in [-0.39, 0.29) is 17.6 Å². The van der Waals surface area contributed by atoms with E-state index in [4.69, 9.17) is 4.84 Å². The summed E-state index contributed by atoms with van der Waals surface area (Å²) in [6.07, 6.45) is 2.89. The lowest BCUT2D eigenvalue weighted by Gasteiger charge is -2.32. The molecular weight excluding hydrogens is 383 g/mol. The van der Waals surface area contributed by atoms with Crippen LogP contribution >= 0.6 is 0 Å². The van der Waals surface area contributed by atoms with Crippen LogP contribution in [0.2, 0.25) is 0 Å². The van der Waals surface area contributed by atoms with Crippen LogP contribution in [0.1, 0.15) is 36.0 Å². The Bertz CT molecular complexity index is 897. The second-order valence-corrected chi connectivity index (χ2v) is 7.97. The smallest absolute Gasteiger partial charge is 0.223 e. The first kappa shape index (κ1) is 20.7. The number of halogens is 1. The molecule has 1 amide bonds. The summed E-state index contributed by atoms with van der Waals surface area (Å²) in [4.78, 5) is 32.8. The van der Waals surface area contributed by atoms with E-state index in [1.54, 1.807) is 17.0 Å². The number of hydrogen-bond acceptors (Lipinski definition) is 4. The second kappa shape index (κ2) is 9.49. The SMILES string of the molecule is O=C(c1ccc(-c2ccccc2)c(F)c1)C1CCCN(C(=O)CCN2CCCO2)C1. The normalized spacial score (nSPS) is 19.8. The largest absolute Gasteiger partial charge is 0.342 e. The van der Waals surface area contributed by atoms with Crippen molar-refractivity contribution in [3.8, 4) is 11.1 Å². The van der Waals surface area contributed by atoms with Crippen molar-refractivity contribution >= 4 is 11.7 Å². The molecule has 0 bridgehead atoms. The molecule has 6 heteroatoms. The molecule has 1 atom stereocenters. The van der Waals surface area contributed by atoms with Gasteiger partial charge in [0.15, 0.2) is 5.78 Å². The Balaban J connectivity index is 1.39. The van der Waals surface area contributed by atoms with Gasteiger partial charge in [-0.3, -0.25) is 14.4 Å². The van der Waals surface area contributed by atoms with Crippen LogP contribution < -0.4 is 0 Å². The molecule has 2 aliphatic heterocycles. The monoisotopic (exact) mass is 410 g/mol. The van der Waals surface area contributed by atoms with Crippen molar-refractivity contribution in [1.82, 2.24) is 9.96 Å².